The minimum Gasteiger partial charge on any atom is -0.326 e. The van der Waals surface area contributed by atoms with E-state index in [1.54, 1.807) is 0 Å². The lowest BCUT2D eigenvalue weighted by Gasteiger charge is -2.42. The van der Waals surface area contributed by atoms with Gasteiger partial charge < -0.3 is 5.73 Å². The van der Waals surface area contributed by atoms with Crippen molar-refractivity contribution in [2.75, 3.05) is 6.54 Å². The van der Waals surface area contributed by atoms with E-state index in [4.69, 9.17) is 5.73 Å². The van der Waals surface area contributed by atoms with Gasteiger partial charge in [-0.05, 0) is 32.6 Å². The van der Waals surface area contributed by atoms with Crippen LogP contribution in [-0.2, 0) is 0 Å². The second kappa shape index (κ2) is 3.49. The molecule has 0 aliphatic carbocycles. The summed E-state index contributed by atoms with van der Waals surface area (Å²) in [4.78, 5) is 2.57. The number of rotatable bonds is 0. The minimum atomic E-state index is 0.242. The van der Waals surface area contributed by atoms with Crippen LogP contribution in [0, 0.1) is 5.41 Å². The second-order valence-electron chi connectivity index (χ2n) is 6.70. The standard InChI is InChI=1S/C12H26N2/c1-11(2,3)10-7-9(13)8-14(10)12(4,5)6/h9-10H,7-8,13H2,1-6H3/t9-,10+/m1/s1. The molecule has 1 saturated heterocycles. The molecule has 14 heavy (non-hydrogen) atoms. The molecule has 0 saturated carbocycles. The van der Waals surface area contributed by atoms with Crippen molar-refractivity contribution in [3.8, 4) is 0 Å². The zero-order valence-electron chi connectivity index (χ0n) is 10.6. The lowest BCUT2D eigenvalue weighted by molar-refractivity contribution is 0.0580. The van der Waals surface area contributed by atoms with E-state index in [0.29, 0.717) is 17.5 Å². The van der Waals surface area contributed by atoms with Gasteiger partial charge in [0.2, 0.25) is 0 Å². The molecule has 0 radical (unpaired) electrons. The van der Waals surface area contributed by atoms with Crippen LogP contribution in [0.3, 0.4) is 0 Å². The molecule has 0 aromatic carbocycles. The zero-order chi connectivity index (χ0) is 11.1. The highest BCUT2D eigenvalue weighted by molar-refractivity contribution is 4.98. The van der Waals surface area contributed by atoms with Crippen LogP contribution in [-0.4, -0.2) is 29.1 Å². The summed E-state index contributed by atoms with van der Waals surface area (Å²) in [5.41, 5.74) is 6.64. The van der Waals surface area contributed by atoms with Gasteiger partial charge >= 0.3 is 0 Å². The Morgan fingerprint density at radius 1 is 1.07 bits per heavy atom. The van der Waals surface area contributed by atoms with E-state index < -0.39 is 0 Å². The number of hydrogen-bond donors (Lipinski definition) is 1. The van der Waals surface area contributed by atoms with E-state index in [2.05, 4.69) is 46.4 Å². The molecule has 2 nitrogen and oxygen atoms in total. The molecule has 1 heterocycles. The molecule has 1 aliphatic heterocycles. The summed E-state index contributed by atoms with van der Waals surface area (Å²) < 4.78 is 0. The van der Waals surface area contributed by atoms with Gasteiger partial charge in [-0.1, -0.05) is 20.8 Å². The molecule has 84 valence electrons. The Hall–Kier alpha value is -0.0800. The summed E-state index contributed by atoms with van der Waals surface area (Å²) >= 11 is 0. The molecule has 0 amide bonds. The third-order valence-corrected chi connectivity index (χ3v) is 3.19. The fraction of sp³-hybridized carbons (Fsp3) is 1.00. The highest BCUT2D eigenvalue weighted by Gasteiger charge is 2.42. The molecule has 0 spiro atoms. The fourth-order valence-corrected chi connectivity index (χ4v) is 2.43. The van der Waals surface area contributed by atoms with Crippen LogP contribution < -0.4 is 5.73 Å². The lowest BCUT2D eigenvalue weighted by atomic mass is 9.83. The van der Waals surface area contributed by atoms with Gasteiger partial charge in [-0.15, -0.1) is 0 Å². The first-order valence-corrected chi connectivity index (χ1v) is 5.64. The molecular weight excluding hydrogens is 172 g/mol. The first-order chi connectivity index (χ1) is 6.12. The third kappa shape index (κ3) is 2.48. The maximum absolute atomic E-state index is 6.07. The van der Waals surface area contributed by atoms with E-state index >= 15 is 0 Å². The summed E-state index contributed by atoms with van der Waals surface area (Å²) in [7, 11) is 0. The van der Waals surface area contributed by atoms with Crippen LogP contribution in [0.4, 0.5) is 0 Å². The van der Waals surface area contributed by atoms with Crippen molar-refractivity contribution in [2.24, 2.45) is 11.1 Å². The molecule has 2 atom stereocenters. The molecule has 0 unspecified atom stereocenters. The highest BCUT2D eigenvalue weighted by atomic mass is 15.3. The Bertz CT molecular complexity index is 175. The summed E-state index contributed by atoms with van der Waals surface area (Å²) in [6, 6.07) is 0.982. The van der Waals surface area contributed by atoms with Gasteiger partial charge in [-0.3, -0.25) is 4.90 Å². The molecule has 0 bridgehead atoms. The second-order valence-corrected chi connectivity index (χ2v) is 6.70. The molecule has 1 aliphatic rings. The highest BCUT2D eigenvalue weighted by Crippen LogP contribution is 2.36. The van der Waals surface area contributed by atoms with Crippen molar-refractivity contribution < 1.29 is 0 Å². The Morgan fingerprint density at radius 2 is 1.57 bits per heavy atom. The number of nitrogens with zero attached hydrogens (tertiary/aromatic N) is 1. The lowest BCUT2D eigenvalue weighted by Crippen LogP contribution is -2.49. The van der Waals surface area contributed by atoms with Crippen molar-refractivity contribution in [1.82, 2.24) is 4.90 Å². The van der Waals surface area contributed by atoms with Crippen LogP contribution in [0.5, 0.6) is 0 Å². The smallest absolute Gasteiger partial charge is 0.0183 e. The molecule has 0 aromatic heterocycles. The van der Waals surface area contributed by atoms with Gasteiger partial charge in [-0.2, -0.15) is 0 Å². The van der Waals surface area contributed by atoms with Gasteiger partial charge in [0.25, 0.3) is 0 Å². The largest absolute Gasteiger partial charge is 0.326 e. The number of likely N-dealkylation sites (tertiary alicyclic amines) is 1. The normalized spacial score (nSPS) is 31.1. The predicted molar refractivity (Wildman–Crippen MR) is 62.3 cm³/mol. The average molecular weight is 198 g/mol. The molecule has 2 heteroatoms. The molecule has 0 aromatic rings. The van der Waals surface area contributed by atoms with Crippen molar-refractivity contribution in [1.29, 1.82) is 0 Å². The molecule has 1 fully saturated rings. The summed E-state index contributed by atoms with van der Waals surface area (Å²) in [5, 5.41) is 0. The first kappa shape index (κ1) is 12.0. The molecule has 2 N–H and O–H groups in total. The fourth-order valence-electron chi connectivity index (χ4n) is 2.43. The quantitative estimate of drug-likeness (QED) is 0.647. The predicted octanol–water partition coefficient (Wildman–Crippen LogP) is 2.23. The third-order valence-electron chi connectivity index (χ3n) is 3.19. The Labute approximate surface area is 88.8 Å². The van der Waals surface area contributed by atoms with Gasteiger partial charge in [0.1, 0.15) is 0 Å². The Morgan fingerprint density at radius 3 is 1.86 bits per heavy atom. The topological polar surface area (TPSA) is 29.3 Å². The summed E-state index contributed by atoms with van der Waals surface area (Å²) in [5.74, 6) is 0. The van der Waals surface area contributed by atoms with E-state index in [-0.39, 0.29) is 5.54 Å². The van der Waals surface area contributed by atoms with E-state index in [1.165, 1.54) is 0 Å². The van der Waals surface area contributed by atoms with Crippen LogP contribution in [0.25, 0.3) is 0 Å². The monoisotopic (exact) mass is 198 g/mol. The summed E-state index contributed by atoms with van der Waals surface area (Å²) in [6.07, 6.45) is 1.14. The van der Waals surface area contributed by atoms with Crippen LogP contribution in [0.2, 0.25) is 0 Å². The maximum Gasteiger partial charge on any atom is 0.0183 e. The molecule has 1 rings (SSSR count). The van der Waals surface area contributed by atoms with Crippen LogP contribution in [0.15, 0.2) is 0 Å². The average Bonchev–Trinajstić information content (AvgIpc) is 2.27. The zero-order valence-corrected chi connectivity index (χ0v) is 10.6. The Kier molecular flexibility index (Phi) is 2.99. The van der Waals surface area contributed by atoms with Crippen LogP contribution >= 0.6 is 0 Å². The van der Waals surface area contributed by atoms with E-state index in [1.807, 2.05) is 0 Å². The minimum absolute atomic E-state index is 0.242. The van der Waals surface area contributed by atoms with Crippen molar-refractivity contribution in [3.05, 3.63) is 0 Å². The van der Waals surface area contributed by atoms with E-state index in [0.717, 1.165) is 13.0 Å². The molecular formula is C12H26N2. The first-order valence-electron chi connectivity index (χ1n) is 5.64. The van der Waals surface area contributed by atoms with Gasteiger partial charge in [0.15, 0.2) is 0 Å². The van der Waals surface area contributed by atoms with Gasteiger partial charge in [0.05, 0.1) is 0 Å². The van der Waals surface area contributed by atoms with Crippen molar-refractivity contribution in [3.63, 3.8) is 0 Å². The Balaban J connectivity index is 2.84. The van der Waals surface area contributed by atoms with Gasteiger partial charge in [-0.25, -0.2) is 0 Å². The van der Waals surface area contributed by atoms with E-state index in [9.17, 15) is 0 Å². The van der Waals surface area contributed by atoms with Crippen molar-refractivity contribution >= 4 is 0 Å². The summed E-state index contributed by atoms with van der Waals surface area (Å²) in [6.45, 7) is 14.8. The van der Waals surface area contributed by atoms with Crippen LogP contribution in [0.1, 0.15) is 48.0 Å². The number of nitrogens with two attached hydrogens (primary N) is 1. The van der Waals surface area contributed by atoms with Gasteiger partial charge in [0, 0.05) is 24.2 Å². The number of hydrogen-bond acceptors (Lipinski definition) is 2. The SMILES string of the molecule is CC(C)(C)[C@@H]1C[C@@H](N)CN1C(C)(C)C. The maximum atomic E-state index is 6.07. The van der Waals surface area contributed by atoms with Crippen molar-refractivity contribution in [2.45, 2.75) is 65.6 Å².